The zero-order valence-corrected chi connectivity index (χ0v) is 18.7. The van der Waals surface area contributed by atoms with Crippen LogP contribution in [-0.2, 0) is 30.4 Å². The smallest absolute Gasteiger partial charge is 0.328 e. The van der Waals surface area contributed by atoms with Crippen LogP contribution < -0.4 is 21.7 Å². The van der Waals surface area contributed by atoms with Crippen LogP contribution in [0.1, 0.15) is 25.8 Å². The van der Waals surface area contributed by atoms with Crippen molar-refractivity contribution in [1.29, 1.82) is 0 Å². The number of rotatable bonds is 13. The molecule has 0 aliphatic carbocycles. The molecular formula is C21H30N4O9. The second-order valence-electron chi connectivity index (χ2n) is 7.75. The van der Waals surface area contributed by atoms with E-state index < -0.39 is 72.5 Å². The molecule has 0 heterocycles. The Balaban J connectivity index is 2.93. The second kappa shape index (κ2) is 13.2. The summed E-state index contributed by atoms with van der Waals surface area (Å²) in [5.41, 5.74) is 6.60. The summed E-state index contributed by atoms with van der Waals surface area (Å²) >= 11 is 0. The number of amides is 3. The largest absolute Gasteiger partial charge is 0.481 e. The van der Waals surface area contributed by atoms with Gasteiger partial charge >= 0.3 is 11.9 Å². The Hall–Kier alpha value is -3.55. The van der Waals surface area contributed by atoms with Crippen LogP contribution in [0.3, 0.4) is 0 Å². The first-order valence-electron chi connectivity index (χ1n) is 10.3. The molecule has 9 N–H and O–H groups in total. The zero-order valence-electron chi connectivity index (χ0n) is 18.7. The average molecular weight is 482 g/mol. The first kappa shape index (κ1) is 28.5. The van der Waals surface area contributed by atoms with E-state index in [4.69, 9.17) is 15.9 Å². The average Bonchev–Trinajstić information content (AvgIpc) is 2.74. The molecule has 1 aromatic rings. The van der Waals surface area contributed by atoms with Gasteiger partial charge in [0.2, 0.25) is 17.7 Å². The number of carboxylic acids is 2. The van der Waals surface area contributed by atoms with Gasteiger partial charge in [0.1, 0.15) is 12.1 Å². The van der Waals surface area contributed by atoms with E-state index in [1.54, 1.807) is 30.3 Å². The molecule has 13 heteroatoms. The summed E-state index contributed by atoms with van der Waals surface area (Å²) < 4.78 is 0. The summed E-state index contributed by atoms with van der Waals surface area (Å²) in [4.78, 5) is 60.0. The van der Waals surface area contributed by atoms with Crippen LogP contribution >= 0.6 is 0 Å². The summed E-state index contributed by atoms with van der Waals surface area (Å²) in [6.45, 7) is 2.25. The van der Waals surface area contributed by atoms with Gasteiger partial charge in [-0.1, -0.05) is 30.3 Å². The molecule has 0 aliphatic rings. The van der Waals surface area contributed by atoms with Gasteiger partial charge in [-0.15, -0.1) is 0 Å². The number of hydrogen-bond acceptors (Lipinski definition) is 8. The van der Waals surface area contributed by atoms with Crippen LogP contribution in [0, 0.1) is 0 Å². The van der Waals surface area contributed by atoms with Crippen molar-refractivity contribution in [3.8, 4) is 0 Å². The molecule has 0 saturated heterocycles. The molecule has 6 unspecified atom stereocenters. The summed E-state index contributed by atoms with van der Waals surface area (Å²) in [5.74, 6) is -6.06. The SMILES string of the molecule is CC(O)C(NC(=O)C(NC(=O)C(CC(=O)O)NC(=O)C(N)Cc1ccccc1)C(C)O)C(=O)O. The fraction of sp³-hybridized carbons (Fsp3) is 0.476. The fourth-order valence-electron chi connectivity index (χ4n) is 2.91. The van der Waals surface area contributed by atoms with Crippen LogP contribution in [0.4, 0.5) is 0 Å². The van der Waals surface area contributed by atoms with Gasteiger partial charge < -0.3 is 42.1 Å². The maximum Gasteiger partial charge on any atom is 0.328 e. The molecule has 1 rings (SSSR count). The Morgan fingerprint density at radius 1 is 0.824 bits per heavy atom. The maximum atomic E-state index is 12.7. The Kier molecular flexibility index (Phi) is 11.1. The van der Waals surface area contributed by atoms with Gasteiger partial charge in [-0.25, -0.2) is 4.79 Å². The number of nitrogens with one attached hydrogen (secondary N) is 3. The van der Waals surface area contributed by atoms with Gasteiger partial charge in [0.05, 0.1) is 24.7 Å². The molecule has 13 nitrogen and oxygen atoms in total. The normalized spacial score (nSPS) is 16.1. The van der Waals surface area contributed by atoms with E-state index in [1.165, 1.54) is 0 Å². The van der Waals surface area contributed by atoms with Crippen LogP contribution in [0.15, 0.2) is 30.3 Å². The van der Waals surface area contributed by atoms with E-state index in [0.717, 1.165) is 19.4 Å². The quantitative estimate of drug-likeness (QED) is 0.145. The van der Waals surface area contributed by atoms with Crippen molar-refractivity contribution in [2.75, 3.05) is 0 Å². The molecule has 0 spiro atoms. The topological polar surface area (TPSA) is 228 Å². The lowest BCUT2D eigenvalue weighted by atomic mass is 10.0. The Bertz CT molecular complexity index is 876. The van der Waals surface area contributed by atoms with Crippen molar-refractivity contribution >= 4 is 29.7 Å². The zero-order chi connectivity index (χ0) is 26.0. The van der Waals surface area contributed by atoms with Gasteiger partial charge in [-0.3, -0.25) is 19.2 Å². The van der Waals surface area contributed by atoms with Gasteiger partial charge in [-0.05, 0) is 25.8 Å². The minimum Gasteiger partial charge on any atom is -0.481 e. The number of carboxylic acid groups (broad SMARTS) is 2. The van der Waals surface area contributed by atoms with Crippen molar-refractivity contribution in [1.82, 2.24) is 16.0 Å². The molecule has 0 fully saturated rings. The summed E-state index contributed by atoms with van der Waals surface area (Å²) in [7, 11) is 0. The molecule has 3 amide bonds. The van der Waals surface area contributed by atoms with E-state index in [-0.39, 0.29) is 6.42 Å². The molecule has 0 aliphatic heterocycles. The van der Waals surface area contributed by atoms with E-state index in [9.17, 15) is 34.2 Å². The van der Waals surface area contributed by atoms with E-state index in [1.807, 2.05) is 5.32 Å². The van der Waals surface area contributed by atoms with Gasteiger partial charge in [0.25, 0.3) is 0 Å². The highest BCUT2D eigenvalue weighted by Gasteiger charge is 2.34. The number of aliphatic hydroxyl groups excluding tert-OH is 2. The lowest BCUT2D eigenvalue weighted by Gasteiger charge is -2.26. The minimum atomic E-state index is -1.73. The standard InChI is InChI=1S/C21H30N4O9/c1-10(26)16(20(32)25-17(11(2)27)21(33)34)24-19(31)14(9-15(28)29)23-18(30)13(22)8-12-6-4-3-5-7-12/h3-7,10-11,13-14,16-17,26-27H,8-9,22H2,1-2H3,(H,23,30)(H,24,31)(H,25,32)(H,28,29)(H,33,34). The van der Waals surface area contributed by atoms with Gasteiger partial charge in [0, 0.05) is 0 Å². The molecule has 34 heavy (non-hydrogen) atoms. The molecule has 6 atom stereocenters. The Morgan fingerprint density at radius 2 is 1.35 bits per heavy atom. The summed E-state index contributed by atoms with van der Waals surface area (Å²) in [5, 5.41) is 43.9. The lowest BCUT2D eigenvalue weighted by Crippen LogP contribution is -2.61. The van der Waals surface area contributed by atoms with E-state index in [0.29, 0.717) is 0 Å². The maximum absolute atomic E-state index is 12.7. The number of nitrogens with two attached hydrogens (primary N) is 1. The van der Waals surface area contributed by atoms with Gasteiger partial charge in [0.15, 0.2) is 6.04 Å². The Labute approximate surface area is 195 Å². The number of carbonyl (C=O) groups excluding carboxylic acids is 3. The summed E-state index contributed by atoms with van der Waals surface area (Å²) in [6, 6.07) is 2.54. The predicted molar refractivity (Wildman–Crippen MR) is 117 cm³/mol. The highest BCUT2D eigenvalue weighted by molar-refractivity contribution is 5.96. The minimum absolute atomic E-state index is 0.114. The first-order valence-corrected chi connectivity index (χ1v) is 10.3. The fourth-order valence-corrected chi connectivity index (χ4v) is 2.91. The molecule has 0 radical (unpaired) electrons. The van der Waals surface area contributed by atoms with Crippen molar-refractivity contribution in [3.05, 3.63) is 35.9 Å². The summed E-state index contributed by atoms with van der Waals surface area (Å²) in [6.07, 6.45) is -3.76. The molecule has 0 bridgehead atoms. The third kappa shape index (κ3) is 9.13. The second-order valence-corrected chi connectivity index (χ2v) is 7.75. The van der Waals surface area contributed by atoms with Crippen molar-refractivity contribution < 1.29 is 44.4 Å². The highest BCUT2D eigenvalue weighted by Crippen LogP contribution is 2.04. The first-order chi connectivity index (χ1) is 15.8. The molecule has 1 aromatic carbocycles. The van der Waals surface area contributed by atoms with Crippen LogP contribution in [0.2, 0.25) is 0 Å². The monoisotopic (exact) mass is 482 g/mol. The highest BCUT2D eigenvalue weighted by atomic mass is 16.4. The van der Waals surface area contributed by atoms with E-state index in [2.05, 4.69) is 10.6 Å². The predicted octanol–water partition coefficient (Wildman–Crippen LogP) is -2.67. The third-order valence-corrected chi connectivity index (χ3v) is 4.76. The Morgan fingerprint density at radius 3 is 1.82 bits per heavy atom. The van der Waals surface area contributed by atoms with E-state index >= 15 is 0 Å². The number of aliphatic carboxylic acids is 2. The van der Waals surface area contributed by atoms with Crippen molar-refractivity contribution in [2.24, 2.45) is 5.73 Å². The molecule has 0 aromatic heterocycles. The molecular weight excluding hydrogens is 452 g/mol. The van der Waals surface area contributed by atoms with Crippen molar-refractivity contribution in [2.45, 2.75) is 63.1 Å². The van der Waals surface area contributed by atoms with Crippen molar-refractivity contribution in [3.63, 3.8) is 0 Å². The molecule has 188 valence electrons. The third-order valence-electron chi connectivity index (χ3n) is 4.76. The van der Waals surface area contributed by atoms with Crippen LogP contribution in [0.25, 0.3) is 0 Å². The van der Waals surface area contributed by atoms with Crippen LogP contribution in [-0.4, -0.2) is 86.5 Å². The number of carbonyl (C=O) groups is 5. The van der Waals surface area contributed by atoms with Gasteiger partial charge in [-0.2, -0.15) is 0 Å². The number of benzene rings is 1. The lowest BCUT2D eigenvalue weighted by molar-refractivity contribution is -0.146. The number of aliphatic hydroxyl groups is 2. The number of hydrogen-bond donors (Lipinski definition) is 8. The molecule has 0 saturated carbocycles. The van der Waals surface area contributed by atoms with Crippen LogP contribution in [0.5, 0.6) is 0 Å².